The van der Waals surface area contributed by atoms with Gasteiger partial charge in [-0.05, 0) is 6.92 Å². The van der Waals surface area contributed by atoms with Crippen molar-refractivity contribution in [1.29, 1.82) is 0 Å². The van der Waals surface area contributed by atoms with Gasteiger partial charge in [-0.2, -0.15) is 0 Å². The van der Waals surface area contributed by atoms with Crippen LogP contribution in [0.5, 0.6) is 0 Å². The third-order valence-corrected chi connectivity index (χ3v) is 2.02. The number of imidazole rings is 1. The molecule has 1 unspecified atom stereocenters. The van der Waals surface area contributed by atoms with Crippen molar-refractivity contribution in [1.82, 2.24) is 20.2 Å². The molecular weight excluding hydrogens is 210 g/mol. The number of primary amides is 1. The summed E-state index contributed by atoms with van der Waals surface area (Å²) in [5.41, 5.74) is 4.83. The maximum atomic E-state index is 11.3. The van der Waals surface area contributed by atoms with Crippen molar-refractivity contribution in [2.45, 2.75) is 19.5 Å². The molecule has 0 aliphatic carbocycles. The fraction of sp³-hybridized carbons (Fsp3) is 0.444. The first kappa shape index (κ1) is 12.2. The zero-order valence-corrected chi connectivity index (χ0v) is 9.01. The highest BCUT2D eigenvalue weighted by Gasteiger charge is 2.12. The maximum absolute atomic E-state index is 11.3. The van der Waals surface area contributed by atoms with Gasteiger partial charge in [-0.1, -0.05) is 0 Å². The van der Waals surface area contributed by atoms with Gasteiger partial charge >= 0.3 is 6.03 Å². The Morgan fingerprint density at radius 1 is 1.56 bits per heavy atom. The molecule has 16 heavy (non-hydrogen) atoms. The van der Waals surface area contributed by atoms with E-state index in [0.29, 0.717) is 13.1 Å². The molecule has 1 heterocycles. The zero-order chi connectivity index (χ0) is 12.0. The topological polar surface area (TPSA) is 102 Å². The number of hydrogen-bond donors (Lipinski definition) is 3. The first-order chi connectivity index (χ1) is 7.59. The number of carbonyl (C=O) groups is 2. The summed E-state index contributed by atoms with van der Waals surface area (Å²) in [4.78, 5) is 25.6. The monoisotopic (exact) mass is 225 g/mol. The van der Waals surface area contributed by atoms with Crippen LogP contribution in [0.2, 0.25) is 0 Å². The first-order valence-electron chi connectivity index (χ1n) is 4.89. The summed E-state index contributed by atoms with van der Waals surface area (Å²) < 4.78 is 1.88. The average Bonchev–Trinajstić information content (AvgIpc) is 2.69. The second-order valence-corrected chi connectivity index (χ2v) is 3.33. The number of nitrogens with one attached hydrogen (secondary N) is 2. The second kappa shape index (κ2) is 5.86. The Morgan fingerprint density at radius 3 is 2.88 bits per heavy atom. The van der Waals surface area contributed by atoms with Crippen molar-refractivity contribution in [2.75, 3.05) is 6.54 Å². The Hall–Kier alpha value is -1.89. The molecule has 88 valence electrons. The highest BCUT2D eigenvalue weighted by Crippen LogP contribution is 1.86. The summed E-state index contributed by atoms with van der Waals surface area (Å²) in [5, 5.41) is 4.96. The molecule has 1 atom stereocenters. The highest BCUT2D eigenvalue weighted by molar-refractivity contribution is 5.96. The number of nitrogens with zero attached hydrogens (tertiary/aromatic N) is 2. The van der Waals surface area contributed by atoms with E-state index in [2.05, 4.69) is 10.3 Å². The number of urea groups is 1. The molecule has 0 aliphatic heterocycles. The maximum Gasteiger partial charge on any atom is 0.318 e. The van der Waals surface area contributed by atoms with E-state index >= 15 is 0 Å². The Bertz CT molecular complexity index is 349. The lowest BCUT2D eigenvalue weighted by atomic mass is 10.3. The lowest BCUT2D eigenvalue weighted by molar-refractivity contribution is -0.121. The van der Waals surface area contributed by atoms with E-state index in [1.807, 2.05) is 16.1 Å². The number of nitrogens with two attached hydrogens (primary N) is 1. The molecule has 0 saturated heterocycles. The Balaban J connectivity index is 2.22. The van der Waals surface area contributed by atoms with Crippen molar-refractivity contribution in [2.24, 2.45) is 5.73 Å². The van der Waals surface area contributed by atoms with Gasteiger partial charge in [0.05, 0.1) is 12.4 Å². The van der Waals surface area contributed by atoms with E-state index in [9.17, 15) is 9.59 Å². The summed E-state index contributed by atoms with van der Waals surface area (Å²) >= 11 is 0. The van der Waals surface area contributed by atoms with Gasteiger partial charge in [-0.25, -0.2) is 9.78 Å². The number of hydrogen-bond acceptors (Lipinski definition) is 4. The fourth-order valence-corrected chi connectivity index (χ4v) is 1.15. The van der Waals surface area contributed by atoms with Crippen LogP contribution in [0.1, 0.15) is 6.92 Å². The number of rotatable bonds is 5. The van der Waals surface area contributed by atoms with E-state index in [1.165, 1.54) is 0 Å². The molecule has 1 aromatic heterocycles. The first-order valence-corrected chi connectivity index (χ1v) is 4.89. The van der Waals surface area contributed by atoms with E-state index < -0.39 is 18.0 Å². The van der Waals surface area contributed by atoms with E-state index in [0.717, 1.165) is 0 Å². The minimum Gasteiger partial charge on any atom is -0.351 e. The van der Waals surface area contributed by atoms with Gasteiger partial charge in [0.1, 0.15) is 0 Å². The van der Waals surface area contributed by atoms with Gasteiger partial charge < -0.3 is 15.6 Å². The van der Waals surface area contributed by atoms with Crippen molar-refractivity contribution in [3.8, 4) is 0 Å². The molecule has 0 spiro atoms. The van der Waals surface area contributed by atoms with Crippen LogP contribution in [0.15, 0.2) is 18.7 Å². The molecule has 0 bridgehead atoms. The Morgan fingerprint density at radius 2 is 2.31 bits per heavy atom. The van der Waals surface area contributed by atoms with Gasteiger partial charge in [0.2, 0.25) is 5.91 Å². The quantitative estimate of drug-likeness (QED) is 0.601. The third kappa shape index (κ3) is 4.09. The van der Waals surface area contributed by atoms with E-state index in [4.69, 9.17) is 5.73 Å². The van der Waals surface area contributed by atoms with Crippen LogP contribution in [-0.2, 0) is 11.3 Å². The van der Waals surface area contributed by atoms with Crippen molar-refractivity contribution < 1.29 is 9.59 Å². The second-order valence-electron chi connectivity index (χ2n) is 3.33. The molecule has 3 amide bonds. The van der Waals surface area contributed by atoms with Gasteiger partial charge in [0, 0.05) is 25.5 Å². The number of carbonyl (C=O) groups excluding carboxylic acids is 2. The SMILES string of the molecule is CC(NCCn1ccnc1)C(=O)NC(N)=O. The van der Waals surface area contributed by atoms with Crippen molar-refractivity contribution in [3.05, 3.63) is 18.7 Å². The van der Waals surface area contributed by atoms with E-state index in [-0.39, 0.29) is 0 Å². The summed E-state index contributed by atoms with van der Waals surface area (Å²) in [6, 6.07) is -1.30. The molecule has 7 nitrogen and oxygen atoms in total. The number of imide groups is 1. The summed E-state index contributed by atoms with van der Waals surface area (Å²) in [6.45, 7) is 2.96. The van der Waals surface area contributed by atoms with Crippen LogP contribution < -0.4 is 16.4 Å². The standard InChI is InChI=1S/C9H15N5O2/c1-7(8(15)13-9(10)16)12-3-5-14-4-2-11-6-14/h2,4,6-7,12H,3,5H2,1H3,(H3,10,13,15,16). The summed E-state index contributed by atoms with van der Waals surface area (Å²) in [7, 11) is 0. The normalized spacial score (nSPS) is 12.1. The van der Waals surface area contributed by atoms with Crippen LogP contribution in [0.4, 0.5) is 4.79 Å². The van der Waals surface area contributed by atoms with Crippen LogP contribution >= 0.6 is 0 Å². The van der Waals surface area contributed by atoms with Crippen LogP contribution in [0.25, 0.3) is 0 Å². The molecule has 1 rings (SSSR count). The molecule has 0 saturated carbocycles. The number of amides is 3. The van der Waals surface area contributed by atoms with Gasteiger partial charge in [-0.3, -0.25) is 10.1 Å². The fourth-order valence-electron chi connectivity index (χ4n) is 1.15. The predicted octanol–water partition coefficient (Wildman–Crippen LogP) is -0.944. The molecule has 1 aromatic rings. The largest absolute Gasteiger partial charge is 0.351 e. The molecule has 0 radical (unpaired) electrons. The van der Waals surface area contributed by atoms with Crippen LogP contribution in [0, 0.1) is 0 Å². The summed E-state index contributed by atoms with van der Waals surface area (Å²) in [6.07, 6.45) is 5.20. The molecule has 4 N–H and O–H groups in total. The highest BCUT2D eigenvalue weighted by atomic mass is 16.2. The zero-order valence-electron chi connectivity index (χ0n) is 9.01. The number of aromatic nitrogens is 2. The Labute approximate surface area is 93.0 Å². The third-order valence-electron chi connectivity index (χ3n) is 2.02. The molecule has 0 fully saturated rings. The molecule has 0 aliphatic rings. The summed E-state index contributed by atoms with van der Waals surface area (Å²) in [5.74, 6) is -0.432. The van der Waals surface area contributed by atoms with Gasteiger partial charge in [0.15, 0.2) is 0 Å². The van der Waals surface area contributed by atoms with Crippen molar-refractivity contribution >= 4 is 11.9 Å². The lowest BCUT2D eigenvalue weighted by Gasteiger charge is -2.12. The van der Waals surface area contributed by atoms with Gasteiger partial charge in [0.25, 0.3) is 0 Å². The molecular formula is C9H15N5O2. The lowest BCUT2D eigenvalue weighted by Crippen LogP contribution is -2.47. The van der Waals surface area contributed by atoms with E-state index in [1.54, 1.807) is 19.4 Å². The van der Waals surface area contributed by atoms with Gasteiger partial charge in [-0.15, -0.1) is 0 Å². The Kier molecular flexibility index (Phi) is 4.46. The van der Waals surface area contributed by atoms with Crippen LogP contribution in [-0.4, -0.2) is 34.1 Å². The van der Waals surface area contributed by atoms with Crippen LogP contribution in [0.3, 0.4) is 0 Å². The minimum atomic E-state index is -0.840. The van der Waals surface area contributed by atoms with Crippen molar-refractivity contribution in [3.63, 3.8) is 0 Å². The molecule has 7 heteroatoms. The smallest absolute Gasteiger partial charge is 0.318 e. The molecule has 0 aromatic carbocycles. The minimum absolute atomic E-state index is 0.432. The predicted molar refractivity (Wildman–Crippen MR) is 57.4 cm³/mol. The average molecular weight is 225 g/mol.